The van der Waals surface area contributed by atoms with Crippen molar-refractivity contribution in [2.45, 2.75) is 39.7 Å². The Hall–Kier alpha value is -1.80. The number of ether oxygens (including phenoxy) is 1. The molecule has 112 valence electrons. The van der Waals surface area contributed by atoms with E-state index in [0.717, 1.165) is 36.4 Å². The minimum absolute atomic E-state index is 0.338. The van der Waals surface area contributed by atoms with E-state index in [4.69, 9.17) is 4.74 Å². The number of benzene rings is 2. The predicted molar refractivity (Wildman–Crippen MR) is 89.0 cm³/mol. The summed E-state index contributed by atoms with van der Waals surface area (Å²) in [6.45, 7) is 7.50. The first kappa shape index (κ1) is 15.6. The molecular formula is C19H25NO. The molecule has 2 aromatic rings. The molecule has 1 unspecified atom stereocenters. The van der Waals surface area contributed by atoms with Gasteiger partial charge in [-0.2, -0.15) is 0 Å². The van der Waals surface area contributed by atoms with Crippen LogP contribution < -0.4 is 10.1 Å². The SMILES string of the molecule is CCCNC(CC)c1ccccc1Oc1ccccc1C. The van der Waals surface area contributed by atoms with E-state index in [-0.39, 0.29) is 0 Å². The molecule has 0 aliphatic carbocycles. The van der Waals surface area contributed by atoms with E-state index < -0.39 is 0 Å². The van der Waals surface area contributed by atoms with Crippen LogP contribution in [0.5, 0.6) is 11.5 Å². The molecule has 0 bridgehead atoms. The molecule has 0 saturated carbocycles. The summed E-state index contributed by atoms with van der Waals surface area (Å²) in [6, 6.07) is 16.8. The van der Waals surface area contributed by atoms with E-state index in [2.05, 4.69) is 50.4 Å². The van der Waals surface area contributed by atoms with Crippen molar-refractivity contribution in [3.8, 4) is 11.5 Å². The van der Waals surface area contributed by atoms with Gasteiger partial charge in [0.1, 0.15) is 11.5 Å². The minimum Gasteiger partial charge on any atom is -0.457 e. The zero-order chi connectivity index (χ0) is 15.1. The lowest BCUT2D eigenvalue weighted by Crippen LogP contribution is -2.21. The Morgan fingerprint density at radius 1 is 0.952 bits per heavy atom. The van der Waals surface area contributed by atoms with Crippen molar-refractivity contribution in [3.63, 3.8) is 0 Å². The lowest BCUT2D eigenvalue weighted by Gasteiger charge is -2.21. The van der Waals surface area contributed by atoms with Crippen LogP contribution in [0.15, 0.2) is 48.5 Å². The molecule has 0 fully saturated rings. The lowest BCUT2D eigenvalue weighted by molar-refractivity contribution is 0.447. The monoisotopic (exact) mass is 283 g/mol. The van der Waals surface area contributed by atoms with Crippen LogP contribution in [0.1, 0.15) is 43.9 Å². The molecule has 0 amide bonds. The number of hydrogen-bond donors (Lipinski definition) is 1. The van der Waals surface area contributed by atoms with Gasteiger partial charge in [-0.25, -0.2) is 0 Å². The first-order valence-electron chi connectivity index (χ1n) is 7.82. The van der Waals surface area contributed by atoms with E-state index in [1.807, 2.05) is 24.3 Å². The van der Waals surface area contributed by atoms with Gasteiger partial charge in [0.25, 0.3) is 0 Å². The highest BCUT2D eigenvalue weighted by molar-refractivity contribution is 5.42. The third-order valence-electron chi connectivity index (χ3n) is 3.66. The van der Waals surface area contributed by atoms with Gasteiger partial charge in [-0.1, -0.05) is 50.2 Å². The second-order valence-corrected chi connectivity index (χ2v) is 5.32. The maximum Gasteiger partial charge on any atom is 0.132 e. The van der Waals surface area contributed by atoms with Gasteiger partial charge in [0.2, 0.25) is 0 Å². The molecule has 0 saturated heterocycles. The second kappa shape index (κ2) is 7.84. The van der Waals surface area contributed by atoms with Gasteiger partial charge in [-0.3, -0.25) is 0 Å². The van der Waals surface area contributed by atoms with Gasteiger partial charge in [0, 0.05) is 11.6 Å². The molecule has 1 atom stereocenters. The van der Waals surface area contributed by atoms with Crippen molar-refractivity contribution in [1.82, 2.24) is 5.32 Å². The fraction of sp³-hybridized carbons (Fsp3) is 0.368. The van der Waals surface area contributed by atoms with Gasteiger partial charge in [0.15, 0.2) is 0 Å². The van der Waals surface area contributed by atoms with Crippen LogP contribution >= 0.6 is 0 Å². The van der Waals surface area contributed by atoms with Crippen LogP contribution in [0, 0.1) is 6.92 Å². The molecule has 0 aliphatic rings. The molecule has 2 rings (SSSR count). The van der Waals surface area contributed by atoms with Crippen LogP contribution in [-0.4, -0.2) is 6.54 Å². The van der Waals surface area contributed by atoms with Gasteiger partial charge in [0.05, 0.1) is 0 Å². The quantitative estimate of drug-likeness (QED) is 0.750. The van der Waals surface area contributed by atoms with E-state index in [0.29, 0.717) is 6.04 Å². The smallest absolute Gasteiger partial charge is 0.132 e. The third-order valence-corrected chi connectivity index (χ3v) is 3.66. The topological polar surface area (TPSA) is 21.3 Å². The largest absolute Gasteiger partial charge is 0.457 e. The van der Waals surface area contributed by atoms with Gasteiger partial charge in [-0.15, -0.1) is 0 Å². The zero-order valence-electron chi connectivity index (χ0n) is 13.2. The average Bonchev–Trinajstić information content (AvgIpc) is 2.52. The molecule has 0 spiro atoms. The Morgan fingerprint density at radius 3 is 2.29 bits per heavy atom. The molecule has 0 radical (unpaired) electrons. The standard InChI is InChI=1S/C19H25NO/c1-4-14-20-17(5-2)16-11-7-9-13-19(16)21-18-12-8-6-10-15(18)3/h6-13,17,20H,4-5,14H2,1-3H3. The summed E-state index contributed by atoms with van der Waals surface area (Å²) in [4.78, 5) is 0. The van der Waals surface area contributed by atoms with Crippen LogP contribution in [-0.2, 0) is 0 Å². The molecule has 0 aromatic heterocycles. The molecule has 0 aliphatic heterocycles. The Labute approximate surface area is 128 Å². The molecule has 1 N–H and O–H groups in total. The molecule has 0 heterocycles. The molecule has 21 heavy (non-hydrogen) atoms. The maximum atomic E-state index is 6.16. The number of aryl methyl sites for hydroxylation is 1. The van der Waals surface area contributed by atoms with Crippen molar-refractivity contribution < 1.29 is 4.74 Å². The zero-order valence-corrected chi connectivity index (χ0v) is 13.2. The number of para-hydroxylation sites is 2. The Bertz CT molecular complexity index is 565. The van der Waals surface area contributed by atoms with Crippen molar-refractivity contribution >= 4 is 0 Å². The highest BCUT2D eigenvalue weighted by Gasteiger charge is 2.14. The average molecular weight is 283 g/mol. The fourth-order valence-electron chi connectivity index (χ4n) is 2.44. The first-order chi connectivity index (χ1) is 10.3. The summed E-state index contributed by atoms with van der Waals surface area (Å²) in [6.07, 6.45) is 2.19. The fourth-order valence-corrected chi connectivity index (χ4v) is 2.44. The predicted octanol–water partition coefficient (Wildman–Crippen LogP) is 5.24. The Balaban J connectivity index is 2.26. The summed E-state index contributed by atoms with van der Waals surface area (Å²) in [7, 11) is 0. The summed E-state index contributed by atoms with van der Waals surface area (Å²) >= 11 is 0. The van der Waals surface area contributed by atoms with Crippen molar-refractivity contribution in [2.75, 3.05) is 6.54 Å². The summed E-state index contributed by atoms with van der Waals surface area (Å²) in [5, 5.41) is 3.60. The van der Waals surface area contributed by atoms with E-state index in [9.17, 15) is 0 Å². The first-order valence-corrected chi connectivity index (χ1v) is 7.82. The van der Waals surface area contributed by atoms with Crippen molar-refractivity contribution in [2.24, 2.45) is 0 Å². The van der Waals surface area contributed by atoms with Gasteiger partial charge in [-0.05, 0) is 44.0 Å². The maximum absolute atomic E-state index is 6.16. The van der Waals surface area contributed by atoms with Crippen LogP contribution in [0.25, 0.3) is 0 Å². The number of rotatable bonds is 7. The normalized spacial score (nSPS) is 12.1. The van der Waals surface area contributed by atoms with Gasteiger partial charge >= 0.3 is 0 Å². The van der Waals surface area contributed by atoms with Crippen LogP contribution in [0.4, 0.5) is 0 Å². The molecule has 2 heteroatoms. The number of hydrogen-bond acceptors (Lipinski definition) is 2. The summed E-state index contributed by atoms with van der Waals surface area (Å²) < 4.78 is 6.16. The number of nitrogens with one attached hydrogen (secondary N) is 1. The van der Waals surface area contributed by atoms with Crippen LogP contribution in [0.2, 0.25) is 0 Å². The van der Waals surface area contributed by atoms with Crippen LogP contribution in [0.3, 0.4) is 0 Å². The highest BCUT2D eigenvalue weighted by Crippen LogP contribution is 2.32. The Morgan fingerprint density at radius 2 is 1.62 bits per heavy atom. The summed E-state index contributed by atoms with van der Waals surface area (Å²) in [5.74, 6) is 1.87. The van der Waals surface area contributed by atoms with Crippen molar-refractivity contribution in [3.05, 3.63) is 59.7 Å². The highest BCUT2D eigenvalue weighted by atomic mass is 16.5. The molecule has 2 aromatic carbocycles. The third kappa shape index (κ3) is 4.08. The minimum atomic E-state index is 0.338. The summed E-state index contributed by atoms with van der Waals surface area (Å²) in [5.41, 5.74) is 2.39. The van der Waals surface area contributed by atoms with Gasteiger partial charge < -0.3 is 10.1 Å². The second-order valence-electron chi connectivity index (χ2n) is 5.32. The van der Waals surface area contributed by atoms with E-state index in [1.165, 1.54) is 5.56 Å². The molecule has 2 nitrogen and oxygen atoms in total. The van der Waals surface area contributed by atoms with E-state index in [1.54, 1.807) is 0 Å². The van der Waals surface area contributed by atoms with E-state index >= 15 is 0 Å². The van der Waals surface area contributed by atoms with Crippen molar-refractivity contribution in [1.29, 1.82) is 0 Å². The lowest BCUT2D eigenvalue weighted by atomic mass is 10.0. The molecular weight excluding hydrogens is 258 g/mol. The Kier molecular flexibility index (Phi) is 5.82.